The molecule has 1 aliphatic heterocycles. The summed E-state index contributed by atoms with van der Waals surface area (Å²) in [5.41, 5.74) is 1.06. The Bertz CT molecular complexity index is 753. The average molecular weight is 298 g/mol. The van der Waals surface area contributed by atoms with Crippen molar-refractivity contribution in [1.29, 1.82) is 0 Å². The van der Waals surface area contributed by atoms with Crippen LogP contribution in [0.5, 0.6) is 11.5 Å². The molecule has 5 nitrogen and oxygen atoms in total. The van der Waals surface area contributed by atoms with Gasteiger partial charge in [0, 0.05) is 0 Å². The van der Waals surface area contributed by atoms with Crippen LogP contribution in [0.25, 0.3) is 11.8 Å². The fourth-order valence-electron chi connectivity index (χ4n) is 2.16. The van der Waals surface area contributed by atoms with E-state index in [1.54, 1.807) is 63.0 Å². The van der Waals surface area contributed by atoms with Gasteiger partial charge in [-0.15, -0.1) is 0 Å². The highest BCUT2D eigenvalue weighted by Crippen LogP contribution is 2.35. The molecule has 0 saturated heterocycles. The number of carbonyl (C=O) groups is 1. The first-order valence-corrected chi connectivity index (χ1v) is 6.63. The summed E-state index contributed by atoms with van der Waals surface area (Å²) in [5.74, 6) is 1.81. The van der Waals surface area contributed by atoms with E-state index in [1.165, 1.54) is 0 Å². The molecule has 0 unspecified atom stereocenters. The summed E-state index contributed by atoms with van der Waals surface area (Å²) in [5, 5.41) is 0. The molecule has 0 spiro atoms. The zero-order chi connectivity index (χ0) is 15.5. The number of cyclic esters (lactones) is 1. The SMILES string of the molecule is COc1ccc(OC)c(C2=CC(=Cc3ccco3)C(=O)O2)c1. The van der Waals surface area contributed by atoms with Crippen molar-refractivity contribution in [2.24, 2.45) is 0 Å². The number of hydrogen-bond donors (Lipinski definition) is 0. The van der Waals surface area contributed by atoms with Crippen LogP contribution in [0.1, 0.15) is 11.3 Å². The number of hydrogen-bond acceptors (Lipinski definition) is 5. The molecule has 2 heterocycles. The first-order valence-electron chi connectivity index (χ1n) is 6.63. The van der Waals surface area contributed by atoms with E-state index in [9.17, 15) is 4.79 Å². The molecule has 22 heavy (non-hydrogen) atoms. The first-order chi connectivity index (χ1) is 10.7. The van der Waals surface area contributed by atoms with Crippen molar-refractivity contribution in [3.8, 4) is 11.5 Å². The van der Waals surface area contributed by atoms with Gasteiger partial charge in [-0.25, -0.2) is 4.79 Å². The number of carbonyl (C=O) groups excluding carboxylic acids is 1. The molecule has 1 aromatic carbocycles. The molecule has 0 radical (unpaired) electrons. The third-order valence-corrected chi connectivity index (χ3v) is 3.24. The van der Waals surface area contributed by atoms with E-state index in [0.717, 1.165) is 0 Å². The van der Waals surface area contributed by atoms with E-state index >= 15 is 0 Å². The number of ether oxygens (including phenoxy) is 3. The molecule has 5 heteroatoms. The Labute approximate surface area is 127 Å². The second-order valence-electron chi connectivity index (χ2n) is 4.58. The quantitative estimate of drug-likeness (QED) is 0.640. The molecule has 3 rings (SSSR count). The van der Waals surface area contributed by atoms with Crippen LogP contribution in [0.15, 0.2) is 52.7 Å². The summed E-state index contributed by atoms with van der Waals surface area (Å²) in [4.78, 5) is 12.0. The maximum Gasteiger partial charge on any atom is 0.343 e. The van der Waals surface area contributed by atoms with Crippen molar-refractivity contribution in [2.75, 3.05) is 14.2 Å². The Hall–Kier alpha value is -2.95. The lowest BCUT2D eigenvalue weighted by Gasteiger charge is -2.10. The number of benzene rings is 1. The molecule has 0 amide bonds. The Morgan fingerprint density at radius 3 is 2.68 bits per heavy atom. The van der Waals surface area contributed by atoms with Crippen molar-refractivity contribution in [2.45, 2.75) is 0 Å². The van der Waals surface area contributed by atoms with Crippen LogP contribution in [0.2, 0.25) is 0 Å². The molecule has 112 valence electrons. The van der Waals surface area contributed by atoms with Crippen LogP contribution in [-0.4, -0.2) is 20.2 Å². The standard InChI is InChI=1S/C17H14O5/c1-19-12-5-6-15(20-2)14(10-12)16-9-11(17(18)22-16)8-13-4-3-7-21-13/h3-10H,1-2H3. The predicted molar refractivity (Wildman–Crippen MR) is 80.3 cm³/mol. The van der Waals surface area contributed by atoms with E-state index in [4.69, 9.17) is 18.6 Å². The van der Waals surface area contributed by atoms with Gasteiger partial charge in [0.25, 0.3) is 0 Å². The van der Waals surface area contributed by atoms with Gasteiger partial charge in [0.15, 0.2) is 0 Å². The molecule has 0 bridgehead atoms. The molecule has 2 aromatic rings. The van der Waals surface area contributed by atoms with E-state index in [2.05, 4.69) is 0 Å². The van der Waals surface area contributed by atoms with Crippen molar-refractivity contribution in [3.05, 3.63) is 59.6 Å². The predicted octanol–water partition coefficient (Wildman–Crippen LogP) is 3.28. The molecule has 1 aromatic heterocycles. The number of esters is 1. The topological polar surface area (TPSA) is 57.9 Å². The van der Waals surface area contributed by atoms with E-state index in [-0.39, 0.29) is 0 Å². The van der Waals surface area contributed by atoms with Crippen LogP contribution in [0, 0.1) is 0 Å². The number of furan rings is 1. The second kappa shape index (κ2) is 5.81. The van der Waals surface area contributed by atoms with Crippen LogP contribution in [-0.2, 0) is 9.53 Å². The Morgan fingerprint density at radius 2 is 2.00 bits per heavy atom. The van der Waals surface area contributed by atoms with Crippen LogP contribution in [0.3, 0.4) is 0 Å². The van der Waals surface area contributed by atoms with Gasteiger partial charge >= 0.3 is 5.97 Å². The third-order valence-electron chi connectivity index (χ3n) is 3.24. The fourth-order valence-corrected chi connectivity index (χ4v) is 2.16. The molecular formula is C17H14O5. The van der Waals surface area contributed by atoms with Gasteiger partial charge in [-0.1, -0.05) is 0 Å². The molecule has 0 saturated carbocycles. The van der Waals surface area contributed by atoms with Crippen LogP contribution < -0.4 is 9.47 Å². The maximum absolute atomic E-state index is 12.0. The summed E-state index contributed by atoms with van der Waals surface area (Å²) in [6.07, 6.45) is 4.83. The lowest BCUT2D eigenvalue weighted by molar-refractivity contribution is -0.130. The largest absolute Gasteiger partial charge is 0.497 e. The number of methoxy groups -OCH3 is 2. The first kappa shape index (κ1) is 14.0. The van der Waals surface area contributed by atoms with Crippen molar-refractivity contribution in [1.82, 2.24) is 0 Å². The number of rotatable bonds is 4. The highest BCUT2D eigenvalue weighted by Gasteiger charge is 2.24. The van der Waals surface area contributed by atoms with Gasteiger partial charge < -0.3 is 18.6 Å². The lowest BCUT2D eigenvalue weighted by Crippen LogP contribution is -1.98. The second-order valence-corrected chi connectivity index (χ2v) is 4.58. The average Bonchev–Trinajstić information content (AvgIpc) is 3.17. The highest BCUT2D eigenvalue weighted by molar-refractivity contribution is 6.05. The van der Waals surface area contributed by atoms with Gasteiger partial charge in [-0.3, -0.25) is 0 Å². The third kappa shape index (κ3) is 2.61. The van der Waals surface area contributed by atoms with Gasteiger partial charge in [0.2, 0.25) is 0 Å². The zero-order valence-electron chi connectivity index (χ0n) is 12.2. The molecule has 1 aliphatic rings. The van der Waals surface area contributed by atoms with E-state index in [0.29, 0.717) is 34.2 Å². The minimum absolute atomic E-state index is 0.412. The summed E-state index contributed by atoms with van der Waals surface area (Å²) in [6.45, 7) is 0. The van der Waals surface area contributed by atoms with Gasteiger partial charge in [0.1, 0.15) is 23.0 Å². The zero-order valence-corrected chi connectivity index (χ0v) is 12.2. The summed E-state index contributed by atoms with van der Waals surface area (Å²) in [7, 11) is 3.13. The van der Waals surface area contributed by atoms with E-state index < -0.39 is 5.97 Å². The monoisotopic (exact) mass is 298 g/mol. The van der Waals surface area contributed by atoms with Crippen LogP contribution in [0.4, 0.5) is 0 Å². The van der Waals surface area contributed by atoms with Crippen molar-refractivity contribution < 1.29 is 23.4 Å². The van der Waals surface area contributed by atoms with Gasteiger partial charge in [-0.05, 0) is 42.5 Å². The minimum Gasteiger partial charge on any atom is -0.497 e. The summed E-state index contributed by atoms with van der Waals surface area (Å²) >= 11 is 0. The highest BCUT2D eigenvalue weighted by atomic mass is 16.5. The molecule has 0 fully saturated rings. The Balaban J connectivity index is 2.01. The normalized spacial score (nSPS) is 15.6. The molecule has 0 atom stereocenters. The summed E-state index contributed by atoms with van der Waals surface area (Å²) in [6, 6.07) is 8.81. The Kier molecular flexibility index (Phi) is 3.70. The van der Waals surface area contributed by atoms with Crippen molar-refractivity contribution in [3.63, 3.8) is 0 Å². The molecule has 0 N–H and O–H groups in total. The Morgan fingerprint density at radius 1 is 1.14 bits per heavy atom. The molecule has 0 aliphatic carbocycles. The smallest absolute Gasteiger partial charge is 0.343 e. The van der Waals surface area contributed by atoms with Crippen LogP contribution >= 0.6 is 0 Å². The van der Waals surface area contributed by atoms with Crippen molar-refractivity contribution >= 4 is 17.8 Å². The molecular weight excluding hydrogens is 284 g/mol. The fraction of sp³-hybridized carbons (Fsp3) is 0.118. The summed E-state index contributed by atoms with van der Waals surface area (Å²) < 4.78 is 21.0. The van der Waals surface area contributed by atoms with Gasteiger partial charge in [0.05, 0.1) is 31.6 Å². The van der Waals surface area contributed by atoms with Gasteiger partial charge in [-0.2, -0.15) is 0 Å². The van der Waals surface area contributed by atoms with E-state index in [1.807, 2.05) is 0 Å². The minimum atomic E-state index is -0.434. The lowest BCUT2D eigenvalue weighted by atomic mass is 10.1. The maximum atomic E-state index is 12.0.